The van der Waals surface area contributed by atoms with Crippen molar-refractivity contribution in [2.45, 2.75) is 6.92 Å². The highest BCUT2D eigenvalue weighted by molar-refractivity contribution is 7.16. The first kappa shape index (κ1) is 8.66. The Bertz CT molecular complexity index is 475. The Hall–Kier alpha value is -0.930. The van der Waals surface area contributed by atoms with E-state index in [1.54, 1.807) is 11.3 Å². The van der Waals surface area contributed by atoms with Gasteiger partial charge in [0.2, 0.25) is 5.28 Å². The second-order valence-corrected chi connectivity index (χ2v) is 3.99. The summed E-state index contributed by atoms with van der Waals surface area (Å²) in [6, 6.07) is 1.99. The number of nitrogens with zero attached hydrogens (tertiary/aromatic N) is 2. The van der Waals surface area contributed by atoms with Gasteiger partial charge < -0.3 is 0 Å². The van der Waals surface area contributed by atoms with E-state index in [4.69, 9.17) is 11.6 Å². The lowest BCUT2D eigenvalue weighted by molar-refractivity contribution is 1.20. The molecule has 0 bridgehead atoms. The lowest BCUT2D eigenvalue weighted by Gasteiger charge is -2.00. The van der Waals surface area contributed by atoms with Gasteiger partial charge in [0, 0.05) is 5.39 Å². The van der Waals surface area contributed by atoms with Crippen LogP contribution in [0.4, 0.5) is 0 Å². The third kappa shape index (κ3) is 1.45. The molecular weight excluding hydrogens is 204 g/mol. The molecule has 2 aromatic heterocycles. The van der Waals surface area contributed by atoms with Crippen LogP contribution in [0.15, 0.2) is 18.0 Å². The predicted molar refractivity (Wildman–Crippen MR) is 57.1 cm³/mol. The summed E-state index contributed by atoms with van der Waals surface area (Å²) in [5, 5.41) is 3.29. The zero-order valence-corrected chi connectivity index (χ0v) is 8.61. The Morgan fingerprint density at radius 2 is 2.31 bits per heavy atom. The molecule has 0 N–H and O–H groups in total. The van der Waals surface area contributed by atoms with Gasteiger partial charge in [-0.3, -0.25) is 0 Å². The number of halogens is 1. The van der Waals surface area contributed by atoms with Crippen LogP contribution in [0.25, 0.3) is 15.8 Å². The van der Waals surface area contributed by atoms with Crippen molar-refractivity contribution in [3.63, 3.8) is 0 Å². The molecule has 0 aliphatic heterocycles. The lowest BCUT2D eigenvalue weighted by Crippen LogP contribution is -1.89. The van der Waals surface area contributed by atoms with E-state index in [0.717, 1.165) is 21.5 Å². The third-order valence-corrected chi connectivity index (χ3v) is 2.68. The average molecular weight is 211 g/mol. The molecule has 2 rings (SSSR count). The second kappa shape index (κ2) is 3.09. The molecule has 0 unspecified atom stereocenters. The van der Waals surface area contributed by atoms with Gasteiger partial charge in [-0.1, -0.05) is 6.58 Å². The summed E-state index contributed by atoms with van der Waals surface area (Å²) in [5.41, 5.74) is 1.75. The first-order valence-corrected chi connectivity index (χ1v) is 5.01. The Balaban J connectivity index is 2.84. The van der Waals surface area contributed by atoms with Crippen molar-refractivity contribution in [3.8, 4) is 0 Å². The van der Waals surface area contributed by atoms with E-state index in [1.165, 1.54) is 0 Å². The minimum absolute atomic E-state index is 0.285. The largest absolute Gasteiger partial charge is 0.224 e. The number of allylic oxidation sites excluding steroid dienone is 1. The number of thiophene rings is 1. The summed E-state index contributed by atoms with van der Waals surface area (Å²) >= 11 is 7.32. The maximum Gasteiger partial charge on any atom is 0.224 e. The van der Waals surface area contributed by atoms with Gasteiger partial charge >= 0.3 is 0 Å². The quantitative estimate of drug-likeness (QED) is 0.675. The molecule has 2 heterocycles. The van der Waals surface area contributed by atoms with Gasteiger partial charge in [0.15, 0.2) is 0 Å². The van der Waals surface area contributed by atoms with Gasteiger partial charge in [-0.15, -0.1) is 11.3 Å². The first-order valence-electron chi connectivity index (χ1n) is 3.75. The SMILES string of the molecule is C=C(C)c1nc(Cl)nc2sccc12. The summed E-state index contributed by atoms with van der Waals surface area (Å²) in [4.78, 5) is 9.16. The van der Waals surface area contributed by atoms with E-state index in [1.807, 2.05) is 18.4 Å². The normalized spacial score (nSPS) is 10.6. The van der Waals surface area contributed by atoms with Crippen LogP contribution in [0.1, 0.15) is 12.6 Å². The standard InChI is InChI=1S/C9H7ClN2S/c1-5(2)7-6-3-4-13-8(6)12-9(10)11-7/h3-4H,1H2,2H3. The molecule has 4 heteroatoms. The number of aromatic nitrogens is 2. The molecule has 13 heavy (non-hydrogen) atoms. The molecule has 0 fully saturated rings. The van der Waals surface area contributed by atoms with Gasteiger partial charge in [0.05, 0.1) is 5.69 Å². The Kier molecular flexibility index (Phi) is 2.06. The van der Waals surface area contributed by atoms with Crippen molar-refractivity contribution in [1.82, 2.24) is 9.97 Å². The van der Waals surface area contributed by atoms with Gasteiger partial charge in [0.25, 0.3) is 0 Å². The predicted octanol–water partition coefficient (Wildman–Crippen LogP) is 3.38. The van der Waals surface area contributed by atoms with E-state index < -0.39 is 0 Å². The second-order valence-electron chi connectivity index (χ2n) is 2.76. The first-order chi connectivity index (χ1) is 6.18. The van der Waals surface area contributed by atoms with Gasteiger partial charge in [0.1, 0.15) is 4.83 Å². The number of fused-ring (bicyclic) bond motifs is 1. The highest BCUT2D eigenvalue weighted by atomic mass is 35.5. The number of rotatable bonds is 1. The molecule has 0 spiro atoms. The van der Waals surface area contributed by atoms with Crippen LogP contribution in [0.2, 0.25) is 5.28 Å². The fraction of sp³-hybridized carbons (Fsp3) is 0.111. The Morgan fingerprint density at radius 1 is 1.54 bits per heavy atom. The minimum atomic E-state index is 0.285. The molecule has 0 atom stereocenters. The molecular formula is C9H7ClN2S. The van der Waals surface area contributed by atoms with Crippen LogP contribution >= 0.6 is 22.9 Å². The molecule has 66 valence electrons. The summed E-state index contributed by atoms with van der Waals surface area (Å²) in [6.07, 6.45) is 0. The van der Waals surface area contributed by atoms with Crippen molar-refractivity contribution < 1.29 is 0 Å². The van der Waals surface area contributed by atoms with Gasteiger partial charge in [-0.05, 0) is 35.5 Å². The van der Waals surface area contributed by atoms with Crippen LogP contribution < -0.4 is 0 Å². The summed E-state index contributed by atoms with van der Waals surface area (Å²) in [7, 11) is 0. The van der Waals surface area contributed by atoms with E-state index >= 15 is 0 Å². The third-order valence-electron chi connectivity index (χ3n) is 1.70. The molecule has 0 saturated carbocycles. The van der Waals surface area contributed by atoms with Gasteiger partial charge in [-0.25, -0.2) is 9.97 Å². The topological polar surface area (TPSA) is 25.8 Å². The van der Waals surface area contributed by atoms with E-state index in [0.29, 0.717) is 0 Å². The molecule has 0 aliphatic carbocycles. The molecule has 2 aromatic rings. The molecule has 2 nitrogen and oxygen atoms in total. The van der Waals surface area contributed by atoms with Crippen LogP contribution in [-0.4, -0.2) is 9.97 Å². The van der Waals surface area contributed by atoms with Crippen molar-refractivity contribution in [2.75, 3.05) is 0 Å². The van der Waals surface area contributed by atoms with Crippen LogP contribution in [0.3, 0.4) is 0 Å². The molecule has 0 aromatic carbocycles. The average Bonchev–Trinajstić information content (AvgIpc) is 2.49. The fourth-order valence-electron chi connectivity index (χ4n) is 1.15. The van der Waals surface area contributed by atoms with E-state index in [-0.39, 0.29) is 5.28 Å². The van der Waals surface area contributed by atoms with Crippen LogP contribution in [0.5, 0.6) is 0 Å². The van der Waals surface area contributed by atoms with E-state index in [9.17, 15) is 0 Å². The smallest absolute Gasteiger partial charge is 0.218 e. The zero-order chi connectivity index (χ0) is 9.42. The maximum absolute atomic E-state index is 5.77. The molecule has 0 aliphatic rings. The van der Waals surface area contributed by atoms with E-state index in [2.05, 4.69) is 16.5 Å². The van der Waals surface area contributed by atoms with Gasteiger partial charge in [-0.2, -0.15) is 0 Å². The van der Waals surface area contributed by atoms with Crippen molar-refractivity contribution in [3.05, 3.63) is 29.0 Å². The molecule has 0 amide bonds. The lowest BCUT2D eigenvalue weighted by atomic mass is 10.2. The fourth-order valence-corrected chi connectivity index (χ4v) is 2.14. The Morgan fingerprint density at radius 3 is 3.00 bits per heavy atom. The summed E-state index contributed by atoms with van der Waals surface area (Å²) in [6.45, 7) is 5.76. The number of hydrogen-bond donors (Lipinski definition) is 0. The zero-order valence-electron chi connectivity index (χ0n) is 7.04. The number of hydrogen-bond acceptors (Lipinski definition) is 3. The maximum atomic E-state index is 5.77. The van der Waals surface area contributed by atoms with Crippen molar-refractivity contribution >= 4 is 38.7 Å². The highest BCUT2D eigenvalue weighted by Gasteiger charge is 2.07. The summed E-state index contributed by atoms with van der Waals surface area (Å²) < 4.78 is 0. The minimum Gasteiger partial charge on any atom is -0.218 e. The van der Waals surface area contributed by atoms with Crippen LogP contribution in [-0.2, 0) is 0 Å². The van der Waals surface area contributed by atoms with Crippen LogP contribution in [0, 0.1) is 0 Å². The van der Waals surface area contributed by atoms with Crippen molar-refractivity contribution in [2.24, 2.45) is 0 Å². The monoisotopic (exact) mass is 210 g/mol. The van der Waals surface area contributed by atoms with Crippen molar-refractivity contribution in [1.29, 1.82) is 0 Å². The molecule has 0 radical (unpaired) electrons. The molecule has 0 saturated heterocycles. The summed E-state index contributed by atoms with van der Waals surface area (Å²) in [5.74, 6) is 0. The Labute approximate surface area is 84.9 Å². The highest BCUT2D eigenvalue weighted by Crippen LogP contribution is 2.26.